The second-order valence-electron chi connectivity index (χ2n) is 10.3. The van der Waals surface area contributed by atoms with Crippen LogP contribution in [0.5, 0.6) is 11.5 Å². The average Bonchev–Trinajstić information content (AvgIpc) is 2.93. The SMILES string of the molecule is COc1cc2c(cc1Nc1ncc(Br)c(Nc3ccc4nccnc4c3P(C)(C)=O)n1)OC[C@@H]1CN(C)CCN21. The number of hydrogen-bond donors (Lipinski definition) is 2. The van der Waals surface area contributed by atoms with Crippen LogP contribution in [0.4, 0.5) is 28.8 Å². The summed E-state index contributed by atoms with van der Waals surface area (Å²) in [5.41, 5.74) is 3.65. The van der Waals surface area contributed by atoms with E-state index in [2.05, 4.69) is 58.4 Å². The molecule has 2 N–H and O–H groups in total. The maximum Gasteiger partial charge on any atom is 0.229 e. The molecular weight excluding hydrogens is 595 g/mol. The predicted octanol–water partition coefficient (Wildman–Crippen LogP) is 4.44. The first-order valence-corrected chi connectivity index (χ1v) is 16.3. The Bertz CT molecular complexity index is 1650. The molecule has 4 heterocycles. The zero-order valence-corrected chi connectivity index (χ0v) is 25.2. The van der Waals surface area contributed by atoms with Crippen LogP contribution in [0.1, 0.15) is 0 Å². The molecule has 208 valence electrons. The molecule has 40 heavy (non-hydrogen) atoms. The third-order valence-corrected chi connectivity index (χ3v) is 9.21. The van der Waals surface area contributed by atoms with Crippen LogP contribution >= 0.6 is 23.1 Å². The van der Waals surface area contributed by atoms with Crippen molar-refractivity contribution < 1.29 is 14.0 Å². The number of anilines is 5. The number of nitrogens with zero attached hydrogens (tertiary/aromatic N) is 6. The Morgan fingerprint density at radius 3 is 2.73 bits per heavy atom. The number of piperazine rings is 1. The van der Waals surface area contributed by atoms with Crippen molar-refractivity contribution in [2.45, 2.75) is 6.04 Å². The summed E-state index contributed by atoms with van der Waals surface area (Å²) < 4.78 is 25.9. The lowest BCUT2D eigenvalue weighted by molar-refractivity contribution is 0.188. The summed E-state index contributed by atoms with van der Waals surface area (Å²) in [6, 6.07) is 7.96. The number of likely N-dealkylation sites (N-methyl/N-ethyl adjacent to an activating group) is 1. The van der Waals surface area contributed by atoms with Gasteiger partial charge in [-0.2, -0.15) is 4.98 Å². The largest absolute Gasteiger partial charge is 0.494 e. The Labute approximate surface area is 240 Å². The standard InChI is InChI=1S/C27H30BrN8O3P/c1-35-9-10-36-16(14-35)15-39-23-11-20(22(38-2)12-21(23)36)33-27-31-13-17(28)26(34-27)32-19-6-5-18-24(30-8-7-29-18)25(19)40(3,4)37/h5-8,11-13,16H,9-10,14-15H2,1-4H3,(H2,31,32,33,34)/t16-/m0/s1. The van der Waals surface area contributed by atoms with E-state index in [-0.39, 0.29) is 0 Å². The molecule has 2 aliphatic heterocycles. The van der Waals surface area contributed by atoms with Crippen LogP contribution in [0, 0.1) is 0 Å². The topological polar surface area (TPSA) is 118 Å². The van der Waals surface area contributed by atoms with E-state index in [0.29, 0.717) is 62.3 Å². The molecule has 0 unspecified atom stereocenters. The first-order chi connectivity index (χ1) is 19.2. The third kappa shape index (κ3) is 5.07. The van der Waals surface area contributed by atoms with Crippen LogP contribution in [0.25, 0.3) is 11.0 Å². The van der Waals surface area contributed by atoms with Crippen molar-refractivity contribution in [3.05, 3.63) is 47.3 Å². The zero-order chi connectivity index (χ0) is 28.0. The van der Waals surface area contributed by atoms with Gasteiger partial charge in [0.2, 0.25) is 5.95 Å². The fraction of sp³-hybridized carbons (Fsp3) is 0.333. The second-order valence-corrected chi connectivity index (χ2v) is 14.3. The van der Waals surface area contributed by atoms with E-state index in [1.807, 2.05) is 24.3 Å². The molecule has 13 heteroatoms. The summed E-state index contributed by atoms with van der Waals surface area (Å²) in [6.07, 6.45) is 4.89. The Kier molecular flexibility index (Phi) is 7.02. The number of benzene rings is 2. The maximum absolute atomic E-state index is 13.3. The van der Waals surface area contributed by atoms with E-state index < -0.39 is 7.14 Å². The maximum atomic E-state index is 13.3. The number of methoxy groups -OCH3 is 1. The minimum atomic E-state index is -2.73. The molecule has 0 amide bonds. The van der Waals surface area contributed by atoms with Gasteiger partial charge in [0.25, 0.3) is 0 Å². The Morgan fingerprint density at radius 1 is 1.10 bits per heavy atom. The lowest BCUT2D eigenvalue weighted by Crippen LogP contribution is -2.56. The van der Waals surface area contributed by atoms with Gasteiger partial charge < -0.3 is 34.5 Å². The predicted molar refractivity (Wildman–Crippen MR) is 162 cm³/mol. The van der Waals surface area contributed by atoms with Crippen LogP contribution < -0.4 is 30.3 Å². The summed E-state index contributed by atoms with van der Waals surface area (Å²) in [5.74, 6) is 2.32. The van der Waals surface area contributed by atoms with Crippen molar-refractivity contribution in [1.82, 2.24) is 24.8 Å². The summed E-state index contributed by atoms with van der Waals surface area (Å²) in [7, 11) is 1.05. The van der Waals surface area contributed by atoms with Gasteiger partial charge in [-0.15, -0.1) is 0 Å². The number of nitrogens with one attached hydrogen (secondary N) is 2. The van der Waals surface area contributed by atoms with Gasteiger partial charge in [-0.25, -0.2) is 4.98 Å². The summed E-state index contributed by atoms with van der Waals surface area (Å²) in [5, 5.41) is 7.24. The van der Waals surface area contributed by atoms with E-state index in [0.717, 1.165) is 31.1 Å². The molecule has 2 aliphatic rings. The normalized spacial score (nSPS) is 17.1. The number of hydrogen-bond acceptors (Lipinski definition) is 11. The van der Waals surface area contributed by atoms with Crippen LogP contribution in [-0.2, 0) is 4.57 Å². The molecule has 11 nitrogen and oxygen atoms in total. The van der Waals surface area contributed by atoms with Crippen LogP contribution in [0.15, 0.2) is 47.3 Å². The van der Waals surface area contributed by atoms with E-state index in [9.17, 15) is 4.57 Å². The zero-order valence-electron chi connectivity index (χ0n) is 22.7. The van der Waals surface area contributed by atoms with E-state index in [1.54, 1.807) is 39.0 Å². The van der Waals surface area contributed by atoms with Gasteiger partial charge >= 0.3 is 0 Å². The molecule has 2 aromatic heterocycles. The highest BCUT2D eigenvalue weighted by molar-refractivity contribution is 9.10. The molecule has 6 rings (SSSR count). The smallest absolute Gasteiger partial charge is 0.229 e. The summed E-state index contributed by atoms with van der Waals surface area (Å²) >= 11 is 3.55. The minimum Gasteiger partial charge on any atom is -0.494 e. The number of aromatic nitrogens is 4. The molecular formula is C27H30BrN8O3P. The van der Waals surface area contributed by atoms with Gasteiger partial charge in [-0.1, -0.05) is 0 Å². The number of ether oxygens (including phenoxy) is 2. The lowest BCUT2D eigenvalue weighted by Gasteiger charge is -2.44. The first-order valence-electron chi connectivity index (χ1n) is 12.9. The van der Waals surface area contributed by atoms with Crippen molar-refractivity contribution in [3.63, 3.8) is 0 Å². The molecule has 0 radical (unpaired) electrons. The van der Waals surface area contributed by atoms with Crippen LogP contribution in [0.3, 0.4) is 0 Å². The highest BCUT2D eigenvalue weighted by Gasteiger charge is 2.33. The average molecular weight is 625 g/mol. The minimum absolute atomic E-state index is 0.311. The fourth-order valence-corrected chi connectivity index (χ4v) is 6.93. The Hall–Kier alpha value is -3.47. The van der Waals surface area contributed by atoms with Crippen molar-refractivity contribution in [2.24, 2.45) is 0 Å². The van der Waals surface area contributed by atoms with E-state index in [4.69, 9.17) is 14.5 Å². The third-order valence-electron chi connectivity index (χ3n) is 7.10. The van der Waals surface area contributed by atoms with Gasteiger partial charge in [-0.05, 0) is 48.4 Å². The van der Waals surface area contributed by atoms with Crippen molar-refractivity contribution in [1.29, 1.82) is 0 Å². The molecule has 1 fully saturated rings. The number of fused-ring (bicyclic) bond motifs is 4. The highest BCUT2D eigenvalue weighted by Crippen LogP contribution is 2.44. The van der Waals surface area contributed by atoms with Gasteiger partial charge in [0.05, 0.1) is 45.5 Å². The summed E-state index contributed by atoms with van der Waals surface area (Å²) in [4.78, 5) is 22.7. The number of halogens is 1. The number of rotatable bonds is 6. The lowest BCUT2D eigenvalue weighted by atomic mass is 10.1. The highest BCUT2D eigenvalue weighted by atomic mass is 79.9. The Morgan fingerprint density at radius 2 is 1.93 bits per heavy atom. The second kappa shape index (κ2) is 10.5. The molecule has 4 aromatic rings. The van der Waals surface area contributed by atoms with Crippen molar-refractivity contribution >= 4 is 68.2 Å². The van der Waals surface area contributed by atoms with Crippen molar-refractivity contribution in [3.8, 4) is 11.5 Å². The quantitative estimate of drug-likeness (QED) is 0.296. The molecule has 1 saturated heterocycles. The molecule has 0 saturated carbocycles. The molecule has 0 bridgehead atoms. The molecule has 0 aliphatic carbocycles. The van der Waals surface area contributed by atoms with Crippen LogP contribution in [0.2, 0.25) is 0 Å². The van der Waals surface area contributed by atoms with Gasteiger partial charge in [-0.3, -0.25) is 9.97 Å². The van der Waals surface area contributed by atoms with Gasteiger partial charge in [0.1, 0.15) is 36.6 Å². The molecule has 1 atom stereocenters. The summed E-state index contributed by atoms with van der Waals surface area (Å²) in [6.45, 7) is 6.96. The Balaban J connectivity index is 1.32. The molecule has 0 spiro atoms. The van der Waals surface area contributed by atoms with Gasteiger partial charge in [0.15, 0.2) is 0 Å². The van der Waals surface area contributed by atoms with Crippen LogP contribution in [-0.4, -0.2) is 84.6 Å². The van der Waals surface area contributed by atoms with E-state index >= 15 is 0 Å². The van der Waals surface area contributed by atoms with E-state index in [1.165, 1.54) is 0 Å². The van der Waals surface area contributed by atoms with Gasteiger partial charge in [0, 0.05) is 50.4 Å². The molecule has 2 aromatic carbocycles. The van der Waals surface area contributed by atoms with Crippen molar-refractivity contribution in [2.75, 3.05) is 69.3 Å². The monoisotopic (exact) mass is 624 g/mol. The fourth-order valence-electron chi connectivity index (χ4n) is 5.24. The first kappa shape index (κ1) is 26.7.